The van der Waals surface area contributed by atoms with E-state index in [2.05, 4.69) is 10.6 Å². The number of urea groups is 1. The minimum atomic E-state index is -0.940. The number of anilines is 1. The second-order valence-electron chi connectivity index (χ2n) is 5.62. The van der Waals surface area contributed by atoms with Crippen molar-refractivity contribution in [1.82, 2.24) is 5.32 Å². The van der Waals surface area contributed by atoms with Gasteiger partial charge in [0, 0.05) is 29.8 Å². The summed E-state index contributed by atoms with van der Waals surface area (Å²) in [4.78, 5) is 23.2. The quantitative estimate of drug-likeness (QED) is 0.756. The van der Waals surface area contributed by atoms with Crippen molar-refractivity contribution in [3.63, 3.8) is 0 Å². The molecule has 3 N–H and O–H groups in total. The van der Waals surface area contributed by atoms with Crippen molar-refractivity contribution in [3.05, 3.63) is 40.2 Å². The molecule has 0 aliphatic carbocycles. The van der Waals surface area contributed by atoms with E-state index in [4.69, 9.17) is 4.42 Å². The van der Waals surface area contributed by atoms with Crippen molar-refractivity contribution in [2.24, 2.45) is 0 Å². The van der Waals surface area contributed by atoms with Gasteiger partial charge in [-0.1, -0.05) is 6.92 Å². The molecule has 1 aromatic heterocycles. The fourth-order valence-corrected chi connectivity index (χ4v) is 1.97. The van der Waals surface area contributed by atoms with E-state index >= 15 is 0 Å². The molecule has 6 heteroatoms. The van der Waals surface area contributed by atoms with Gasteiger partial charge < -0.3 is 20.2 Å². The summed E-state index contributed by atoms with van der Waals surface area (Å²) >= 11 is 0. The summed E-state index contributed by atoms with van der Waals surface area (Å²) in [6, 6.07) is 6.11. The molecule has 0 saturated heterocycles. The molecule has 0 unspecified atom stereocenters. The number of benzene rings is 1. The zero-order valence-corrected chi connectivity index (χ0v) is 12.9. The summed E-state index contributed by atoms with van der Waals surface area (Å²) in [6.45, 7) is 5.47. The lowest BCUT2D eigenvalue weighted by Crippen LogP contribution is -2.41. The highest BCUT2D eigenvalue weighted by Crippen LogP contribution is 2.20. The highest BCUT2D eigenvalue weighted by atomic mass is 16.4. The third-order valence-electron chi connectivity index (χ3n) is 3.60. The van der Waals surface area contributed by atoms with Gasteiger partial charge in [-0.2, -0.15) is 0 Å². The molecule has 0 aliphatic rings. The van der Waals surface area contributed by atoms with Crippen LogP contribution in [0.3, 0.4) is 0 Å². The summed E-state index contributed by atoms with van der Waals surface area (Å²) in [7, 11) is 0. The Morgan fingerprint density at radius 1 is 1.36 bits per heavy atom. The average molecular weight is 304 g/mol. The molecule has 1 aromatic carbocycles. The van der Waals surface area contributed by atoms with Crippen LogP contribution in [-0.4, -0.2) is 23.3 Å². The highest BCUT2D eigenvalue weighted by molar-refractivity contribution is 5.92. The molecule has 0 fully saturated rings. The lowest BCUT2D eigenvalue weighted by atomic mass is 10.0. The Kier molecular flexibility index (Phi) is 4.51. The van der Waals surface area contributed by atoms with Gasteiger partial charge in [-0.15, -0.1) is 0 Å². The number of carbonyl (C=O) groups excluding carboxylic acids is 1. The standard InChI is InChI=1S/C16H20N2O4/c1-4-16(3,21)9-17-15(20)18-11-5-6-12-10(2)7-14(19)22-13(12)8-11/h5-8,21H,4,9H2,1-3H3,(H2,17,18,20)/t16-/m1/s1. The maximum Gasteiger partial charge on any atom is 0.336 e. The van der Waals surface area contributed by atoms with Crippen LogP contribution in [0.5, 0.6) is 0 Å². The molecule has 118 valence electrons. The first kappa shape index (κ1) is 16.0. The Bertz CT molecular complexity index is 749. The van der Waals surface area contributed by atoms with Crippen LogP contribution in [0.25, 0.3) is 11.0 Å². The van der Waals surface area contributed by atoms with E-state index < -0.39 is 17.3 Å². The van der Waals surface area contributed by atoms with Crippen molar-refractivity contribution in [2.75, 3.05) is 11.9 Å². The number of aryl methyl sites for hydroxylation is 1. The number of rotatable bonds is 4. The third-order valence-corrected chi connectivity index (χ3v) is 3.60. The number of hydrogen-bond donors (Lipinski definition) is 3. The molecule has 22 heavy (non-hydrogen) atoms. The van der Waals surface area contributed by atoms with Crippen molar-refractivity contribution in [1.29, 1.82) is 0 Å². The van der Waals surface area contributed by atoms with Crippen LogP contribution in [0.1, 0.15) is 25.8 Å². The molecule has 0 aliphatic heterocycles. The molecule has 0 bridgehead atoms. The van der Waals surface area contributed by atoms with Crippen molar-refractivity contribution < 1.29 is 14.3 Å². The topological polar surface area (TPSA) is 91.6 Å². The first-order chi connectivity index (χ1) is 10.3. The number of carbonyl (C=O) groups is 1. The van der Waals surface area contributed by atoms with Gasteiger partial charge in [-0.3, -0.25) is 0 Å². The first-order valence-corrected chi connectivity index (χ1v) is 7.12. The lowest BCUT2D eigenvalue weighted by molar-refractivity contribution is 0.0587. The van der Waals surface area contributed by atoms with E-state index in [1.165, 1.54) is 6.07 Å². The molecule has 0 spiro atoms. The Hall–Kier alpha value is -2.34. The summed E-state index contributed by atoms with van der Waals surface area (Å²) in [5.41, 5.74) is 0.384. The van der Waals surface area contributed by atoms with Gasteiger partial charge >= 0.3 is 11.7 Å². The minimum Gasteiger partial charge on any atom is -0.423 e. The molecule has 6 nitrogen and oxygen atoms in total. The van der Waals surface area contributed by atoms with Gasteiger partial charge in [0.05, 0.1) is 5.60 Å². The summed E-state index contributed by atoms with van der Waals surface area (Å²) < 4.78 is 5.13. The number of amides is 2. The largest absolute Gasteiger partial charge is 0.423 e. The number of aliphatic hydroxyl groups is 1. The van der Waals surface area contributed by atoms with Crippen LogP contribution in [-0.2, 0) is 0 Å². The van der Waals surface area contributed by atoms with E-state index in [9.17, 15) is 14.7 Å². The molecule has 1 heterocycles. The molecule has 0 saturated carbocycles. The van der Waals surface area contributed by atoms with Crippen LogP contribution in [0, 0.1) is 6.92 Å². The molecule has 0 radical (unpaired) electrons. The number of fused-ring (bicyclic) bond motifs is 1. The zero-order valence-electron chi connectivity index (χ0n) is 12.9. The highest BCUT2D eigenvalue weighted by Gasteiger charge is 2.18. The van der Waals surface area contributed by atoms with Crippen LogP contribution in [0.2, 0.25) is 0 Å². The van der Waals surface area contributed by atoms with E-state index in [0.717, 1.165) is 10.9 Å². The minimum absolute atomic E-state index is 0.150. The Morgan fingerprint density at radius 2 is 2.09 bits per heavy atom. The Morgan fingerprint density at radius 3 is 2.77 bits per heavy atom. The maximum absolute atomic E-state index is 11.8. The van der Waals surface area contributed by atoms with Gasteiger partial charge in [-0.05, 0) is 38.0 Å². The zero-order chi connectivity index (χ0) is 16.3. The van der Waals surface area contributed by atoms with E-state index in [1.54, 1.807) is 25.1 Å². The molecule has 2 rings (SSSR count). The molecular formula is C16H20N2O4. The molecule has 1 atom stereocenters. The summed E-state index contributed by atoms with van der Waals surface area (Å²) in [5.74, 6) is 0. The SMILES string of the molecule is CC[C@@](C)(O)CNC(=O)Nc1ccc2c(C)cc(=O)oc2c1. The second-order valence-corrected chi connectivity index (χ2v) is 5.62. The van der Waals surface area contributed by atoms with Gasteiger partial charge in [0.15, 0.2) is 0 Å². The lowest BCUT2D eigenvalue weighted by Gasteiger charge is -2.21. The fraction of sp³-hybridized carbons (Fsp3) is 0.375. The predicted octanol–water partition coefficient (Wildman–Crippen LogP) is 2.38. The van der Waals surface area contributed by atoms with Crippen molar-refractivity contribution in [3.8, 4) is 0 Å². The Labute approximate surface area is 128 Å². The van der Waals surface area contributed by atoms with Gasteiger partial charge in [0.2, 0.25) is 0 Å². The van der Waals surface area contributed by atoms with Crippen LogP contribution < -0.4 is 16.3 Å². The summed E-state index contributed by atoms with van der Waals surface area (Å²) in [5, 5.41) is 15.9. The van der Waals surface area contributed by atoms with Crippen molar-refractivity contribution in [2.45, 2.75) is 32.8 Å². The van der Waals surface area contributed by atoms with Gasteiger partial charge in [-0.25, -0.2) is 9.59 Å². The predicted molar refractivity (Wildman–Crippen MR) is 85.2 cm³/mol. The van der Waals surface area contributed by atoms with Crippen LogP contribution >= 0.6 is 0 Å². The second kappa shape index (κ2) is 6.19. The number of nitrogens with one attached hydrogen (secondary N) is 2. The van der Waals surface area contributed by atoms with Crippen molar-refractivity contribution >= 4 is 22.7 Å². The Balaban J connectivity index is 2.12. The van der Waals surface area contributed by atoms with E-state index in [-0.39, 0.29) is 6.54 Å². The summed E-state index contributed by atoms with van der Waals surface area (Å²) in [6.07, 6.45) is 0.535. The smallest absolute Gasteiger partial charge is 0.336 e. The van der Waals surface area contributed by atoms with Crippen LogP contribution in [0.4, 0.5) is 10.5 Å². The maximum atomic E-state index is 11.8. The van der Waals surface area contributed by atoms with Crippen LogP contribution in [0.15, 0.2) is 33.5 Å². The van der Waals surface area contributed by atoms with E-state index in [0.29, 0.717) is 17.7 Å². The van der Waals surface area contributed by atoms with E-state index in [1.807, 2.05) is 13.8 Å². The fourth-order valence-electron chi connectivity index (χ4n) is 1.97. The molecule has 2 amide bonds. The molecular weight excluding hydrogens is 284 g/mol. The molecule has 2 aromatic rings. The van der Waals surface area contributed by atoms with Gasteiger partial charge in [0.1, 0.15) is 5.58 Å². The van der Waals surface area contributed by atoms with Gasteiger partial charge in [0.25, 0.3) is 0 Å². The monoisotopic (exact) mass is 304 g/mol. The third kappa shape index (κ3) is 3.85. The average Bonchev–Trinajstić information content (AvgIpc) is 2.45. The normalized spacial score (nSPS) is 13.6. The number of hydrogen-bond acceptors (Lipinski definition) is 4. The first-order valence-electron chi connectivity index (χ1n) is 7.12.